The van der Waals surface area contributed by atoms with Crippen molar-refractivity contribution in [2.75, 3.05) is 47.7 Å². The molecule has 34 nitrogen and oxygen atoms in total. The number of carbonyl (C=O) groups excluding carboxylic acids is 6. The van der Waals surface area contributed by atoms with Crippen LogP contribution >= 0.6 is 15.9 Å². The molecule has 662 valence electrons. The van der Waals surface area contributed by atoms with Gasteiger partial charge in [-0.15, -0.1) is 0 Å². The SMILES string of the molecule is O=C(Nc1ccn([C@@H]2O[C@H](CO)[C@H](O)C2(F)F)c(=O)n1)c1ccc2c(c1)C(=O)c1ccccc1C2=O.O=C(Nc1ccn([C@@H]2O[C@H](CO)[C@H](O)C2(F)F)c(=O)n1)c1ccc2c(c1)CCCC2.O=C(Nc1ccn([C@@H]2O[C@H](CO)[C@H](O)C2(F)F)c(=O)n1)c1ccc2cc(Br)ccc2c1.O=C(Nc1ccn([C@@H]2O[C@H](CO)[C@H](O)C2(F)F)c(=O)n1)c1ccc2ccccc2c1. The number of ether oxygens (including phenoxy) is 4. The number of hydrogen-bond donors (Lipinski definition) is 12. The normalized spacial score (nSPS) is 23.1. The van der Waals surface area contributed by atoms with Gasteiger partial charge < -0.3 is 81.1 Å². The molecule has 4 amide bonds. The van der Waals surface area contributed by atoms with E-state index in [0.717, 1.165) is 94.2 Å². The van der Waals surface area contributed by atoms with Crippen LogP contribution in [0.2, 0.25) is 0 Å². The number of hydrogen-bond acceptors (Lipinski definition) is 26. The molecule has 0 unspecified atom stereocenters. The number of aromatic nitrogens is 8. The van der Waals surface area contributed by atoms with Gasteiger partial charge in [0.1, 0.15) is 47.7 Å². The van der Waals surface area contributed by atoms with Gasteiger partial charge in [-0.25, -0.2) is 19.2 Å². The number of halogens is 9. The molecular weight excluding hydrogens is 1760 g/mol. The average Bonchev–Trinajstić information content (AvgIpc) is 1.69. The lowest BCUT2D eigenvalue weighted by molar-refractivity contribution is -0.141. The molecule has 4 aromatic heterocycles. The molecule has 4 saturated heterocycles. The number of anilines is 4. The molecule has 17 rings (SSSR count). The first-order valence-electron chi connectivity index (χ1n) is 38.5. The highest BCUT2D eigenvalue weighted by Crippen LogP contribution is 2.46. The first-order valence-corrected chi connectivity index (χ1v) is 39.3. The van der Waals surface area contributed by atoms with Crippen molar-refractivity contribution in [3.05, 3.63) is 291 Å². The third kappa shape index (κ3) is 18.2. The van der Waals surface area contributed by atoms with Crippen molar-refractivity contribution in [1.29, 1.82) is 0 Å². The number of aryl methyl sites for hydroxylation is 2. The van der Waals surface area contributed by atoms with Gasteiger partial charge >= 0.3 is 46.4 Å². The van der Waals surface area contributed by atoms with Crippen LogP contribution in [0.5, 0.6) is 0 Å². The van der Waals surface area contributed by atoms with Crippen LogP contribution in [-0.2, 0) is 31.8 Å². The number of rotatable bonds is 16. The summed E-state index contributed by atoms with van der Waals surface area (Å²) in [7, 11) is 0. The highest BCUT2D eigenvalue weighted by molar-refractivity contribution is 9.10. The predicted octanol–water partition coefficient (Wildman–Crippen LogP) is 6.25. The minimum Gasteiger partial charge on any atom is -0.394 e. The van der Waals surface area contributed by atoms with Gasteiger partial charge in [0.2, 0.25) is 24.9 Å². The Morgan fingerprint density at radius 2 is 0.646 bits per heavy atom. The third-order valence-corrected chi connectivity index (χ3v) is 21.9. The molecule has 127 heavy (non-hydrogen) atoms. The van der Waals surface area contributed by atoms with Gasteiger partial charge in [-0.1, -0.05) is 88.7 Å². The molecule has 12 N–H and O–H groups in total. The Bertz CT molecular complexity index is 6410. The maximum Gasteiger partial charge on any atom is 0.351 e. The summed E-state index contributed by atoms with van der Waals surface area (Å²) >= 11 is 3.38. The second kappa shape index (κ2) is 36.7. The number of amides is 4. The zero-order chi connectivity index (χ0) is 91.0. The summed E-state index contributed by atoms with van der Waals surface area (Å²) < 4.78 is 137. The molecule has 2 aliphatic carbocycles. The smallest absolute Gasteiger partial charge is 0.351 e. The Morgan fingerprint density at radius 1 is 0.354 bits per heavy atom. The Kier molecular flexibility index (Phi) is 26.1. The van der Waals surface area contributed by atoms with Gasteiger partial charge in [0, 0.05) is 73.8 Å². The predicted molar refractivity (Wildman–Crippen MR) is 432 cm³/mol. The zero-order valence-corrected chi connectivity index (χ0v) is 66.8. The van der Waals surface area contributed by atoms with Crippen LogP contribution in [0.4, 0.5) is 58.4 Å². The standard InChI is InChI=1S/C24H17F2N3O7.C20H16BrF2N3O5.C20H21F2N3O5.C20H17F2N3O5/c25-24(26)20(33)16(10-30)36-22(24)29-8-7-17(28-23(29)35)27-21(34)11-5-6-14-15(9-11)19(32)13-4-2-1-3-12(13)18(14)31;21-13-4-3-10-7-12(2-1-11(10)8-13)17(29)24-15-5-6-26(19(30)25-15)18-20(22,23)16(28)14(9-27)31-18;2*21-20(22)16(27)14(10-26)30-18(20)25-8-7-15(24-19(25)29)23-17(28)13-6-5-11-3-1-2-4-12(11)9-13/h1-9,16,20,22,30,33H,10H2,(H,27,28,34,35);1-8,14,16,18,27-28H,9H2,(H,24,25,29,30);5-9,14,16,18,26-27H,1-4,10H2,(H,23,24,28,29);1-9,14,16,18,26-27H,10H2,(H,23,24,28,29)/t16-,20+,22-;3*14-,16+,18-/m1111/s1. The van der Waals surface area contributed by atoms with Crippen molar-refractivity contribution in [2.24, 2.45) is 0 Å². The summed E-state index contributed by atoms with van der Waals surface area (Å²) in [6.45, 7) is -3.39. The summed E-state index contributed by atoms with van der Waals surface area (Å²) in [4.78, 5) is 139. The Hall–Kier alpha value is -12.8. The molecule has 43 heteroatoms. The van der Waals surface area contributed by atoms with E-state index in [9.17, 15) is 103 Å². The molecule has 0 bridgehead atoms. The van der Waals surface area contributed by atoms with Crippen LogP contribution in [-0.4, -0.2) is 213 Å². The number of alkyl halides is 8. The van der Waals surface area contributed by atoms with E-state index in [1.165, 1.54) is 42.0 Å². The fraction of sp³-hybridized carbons (Fsp3) is 0.286. The van der Waals surface area contributed by atoms with Crippen molar-refractivity contribution < 1.29 is 124 Å². The van der Waals surface area contributed by atoms with E-state index in [4.69, 9.17) is 39.4 Å². The summed E-state index contributed by atoms with van der Waals surface area (Å²) in [6.07, 6.45) is -16.0. The van der Waals surface area contributed by atoms with Crippen molar-refractivity contribution in [3.63, 3.8) is 0 Å². The molecular formula is C84H71BrF8N12O22. The number of benzene rings is 7. The molecule has 7 aromatic carbocycles. The number of aliphatic hydroxyl groups is 8. The van der Waals surface area contributed by atoms with Gasteiger partial charge in [-0.05, 0) is 149 Å². The molecule has 4 aliphatic heterocycles. The maximum atomic E-state index is 14.3. The molecule has 0 saturated carbocycles. The second-order valence-corrected chi connectivity index (χ2v) is 30.5. The highest BCUT2D eigenvalue weighted by atomic mass is 79.9. The lowest BCUT2D eigenvalue weighted by Crippen LogP contribution is -2.41. The van der Waals surface area contributed by atoms with Crippen LogP contribution in [0.25, 0.3) is 21.5 Å². The maximum absolute atomic E-state index is 14.3. The fourth-order valence-electron chi connectivity index (χ4n) is 14.7. The summed E-state index contributed by atoms with van der Waals surface area (Å²) in [5.41, 5.74) is -0.416. The summed E-state index contributed by atoms with van der Waals surface area (Å²) in [6, 6.07) is 43.4. The van der Waals surface area contributed by atoms with Crippen LogP contribution in [0.15, 0.2) is 212 Å². The van der Waals surface area contributed by atoms with E-state index in [-0.39, 0.29) is 56.9 Å². The van der Waals surface area contributed by atoms with Crippen molar-refractivity contribution in [3.8, 4) is 0 Å². The van der Waals surface area contributed by atoms with Crippen molar-refractivity contribution in [1.82, 2.24) is 38.2 Å². The Labute approximate surface area is 716 Å². The van der Waals surface area contributed by atoms with Gasteiger partial charge in [0.15, 0.2) is 36.0 Å². The summed E-state index contributed by atoms with van der Waals surface area (Å²) in [5, 5.41) is 88.0. The van der Waals surface area contributed by atoms with Crippen LogP contribution in [0.1, 0.15) is 122 Å². The monoisotopic (exact) mass is 1830 g/mol. The van der Waals surface area contributed by atoms with E-state index in [1.54, 1.807) is 60.7 Å². The molecule has 11 aromatic rings. The van der Waals surface area contributed by atoms with E-state index in [1.807, 2.05) is 54.6 Å². The Balaban J connectivity index is 0.000000138. The molecule has 4 fully saturated rings. The molecule has 0 spiro atoms. The zero-order valence-electron chi connectivity index (χ0n) is 65.3. The number of nitrogens with one attached hydrogen (secondary N) is 4. The average molecular weight is 1830 g/mol. The van der Waals surface area contributed by atoms with Crippen molar-refractivity contribution >= 4 is 95.9 Å². The lowest BCUT2D eigenvalue weighted by atomic mass is 9.83. The molecule has 6 aliphatic rings. The van der Waals surface area contributed by atoms with Crippen LogP contribution in [0, 0.1) is 0 Å². The third-order valence-electron chi connectivity index (χ3n) is 21.4. The Morgan fingerprint density at radius 3 is 1.02 bits per heavy atom. The topological polar surface area (TPSA) is 489 Å². The largest absolute Gasteiger partial charge is 0.394 e. The minimum absolute atomic E-state index is 0.000158. The van der Waals surface area contributed by atoms with Crippen molar-refractivity contribution in [2.45, 2.75) is 123 Å². The number of fused-ring (bicyclic) bond motifs is 5. The fourth-order valence-corrected chi connectivity index (χ4v) is 15.1. The van der Waals surface area contributed by atoms with Gasteiger partial charge in [0.05, 0.1) is 26.4 Å². The highest BCUT2D eigenvalue weighted by Gasteiger charge is 2.63. The lowest BCUT2D eigenvalue weighted by Gasteiger charge is -2.21. The summed E-state index contributed by atoms with van der Waals surface area (Å²) in [5.74, 6) is -19.0. The van der Waals surface area contributed by atoms with E-state index < -0.39 is 176 Å². The van der Waals surface area contributed by atoms with E-state index in [2.05, 4.69) is 57.1 Å². The van der Waals surface area contributed by atoms with Crippen LogP contribution in [0.3, 0.4) is 0 Å². The number of ketones is 2. The quantitative estimate of drug-likeness (QED) is 0.0475. The molecule has 12 atom stereocenters. The second-order valence-electron chi connectivity index (χ2n) is 29.6. The first kappa shape index (κ1) is 90.5. The van der Waals surface area contributed by atoms with Gasteiger partial charge in [-0.2, -0.15) is 55.1 Å². The minimum atomic E-state index is -3.88. The number of nitrogens with zero attached hydrogens (tertiary/aromatic N) is 8. The number of carbonyl (C=O) groups is 6. The van der Waals surface area contributed by atoms with Crippen LogP contribution < -0.4 is 44.0 Å². The first-order chi connectivity index (χ1) is 60.4. The van der Waals surface area contributed by atoms with E-state index >= 15 is 0 Å². The van der Waals surface area contributed by atoms with Gasteiger partial charge in [-0.3, -0.25) is 47.0 Å². The van der Waals surface area contributed by atoms with E-state index in [0.29, 0.717) is 35.0 Å². The molecule has 8 heterocycles. The molecule has 0 radical (unpaired) electrons. The number of aliphatic hydroxyl groups excluding tert-OH is 8. The van der Waals surface area contributed by atoms with Gasteiger partial charge in [0.25, 0.3) is 23.6 Å².